The molecule has 1 unspecified atom stereocenters. The molecule has 39 heavy (non-hydrogen) atoms. The first-order valence-corrected chi connectivity index (χ1v) is 13.8. The Hall–Kier alpha value is -4.20. The number of carbonyl (C=O) groups excluding carboxylic acids is 1. The minimum Gasteiger partial charge on any atom is -0.480 e. The van der Waals surface area contributed by atoms with Gasteiger partial charge < -0.3 is 14.8 Å². The molecule has 1 aliphatic carbocycles. The summed E-state index contributed by atoms with van der Waals surface area (Å²) in [5, 5.41) is 22.4. The van der Waals surface area contributed by atoms with Gasteiger partial charge in [0.25, 0.3) is 5.91 Å². The number of benzene rings is 2. The molecular formula is C29H29N3O6S. The second kappa shape index (κ2) is 10.5. The van der Waals surface area contributed by atoms with Gasteiger partial charge in [-0.15, -0.1) is 0 Å². The molecule has 2 atom stereocenters. The lowest BCUT2D eigenvalue weighted by Crippen LogP contribution is -2.60. The van der Waals surface area contributed by atoms with Crippen LogP contribution in [-0.2, 0) is 14.8 Å². The van der Waals surface area contributed by atoms with E-state index in [2.05, 4.69) is 11.4 Å². The molecule has 1 aromatic heterocycles. The number of carbonyl (C=O) groups is 2. The van der Waals surface area contributed by atoms with Crippen LogP contribution < -0.4 is 5.32 Å². The van der Waals surface area contributed by atoms with E-state index in [1.54, 1.807) is 51.1 Å². The number of carboxylic acids is 1. The second-order valence-electron chi connectivity index (χ2n) is 9.80. The Morgan fingerprint density at radius 2 is 1.85 bits per heavy atom. The molecule has 0 saturated carbocycles. The maximum atomic E-state index is 14.1. The summed E-state index contributed by atoms with van der Waals surface area (Å²) in [4.78, 5) is 23.7. The number of sulfonamides is 1. The summed E-state index contributed by atoms with van der Waals surface area (Å²) in [6.07, 6.45) is 4.54. The number of aryl methyl sites for hydroxylation is 1. The Morgan fingerprint density at radius 3 is 2.41 bits per heavy atom. The molecule has 0 spiro atoms. The summed E-state index contributed by atoms with van der Waals surface area (Å²) >= 11 is 0. The molecule has 0 radical (unpaired) electrons. The first-order valence-electron chi connectivity index (χ1n) is 12.3. The van der Waals surface area contributed by atoms with Crippen molar-refractivity contribution >= 4 is 38.4 Å². The molecule has 0 saturated heterocycles. The van der Waals surface area contributed by atoms with Crippen LogP contribution in [0.5, 0.6) is 0 Å². The summed E-state index contributed by atoms with van der Waals surface area (Å²) in [5.74, 6) is -2.77. The SMILES string of the molecule is Cc1c(C(=O)NC2(S(=O)(=O)N(C)[C@H](C(=O)O)C(C)C)C=CC(c3ccccc3)=CC2)oc2cccc(C#N)c12. The van der Waals surface area contributed by atoms with E-state index in [-0.39, 0.29) is 12.2 Å². The predicted octanol–water partition coefficient (Wildman–Crippen LogP) is 4.45. The number of rotatable bonds is 8. The van der Waals surface area contributed by atoms with Gasteiger partial charge in [-0.3, -0.25) is 9.59 Å². The Bertz CT molecular complexity index is 1650. The molecule has 0 bridgehead atoms. The highest BCUT2D eigenvalue weighted by atomic mass is 32.2. The van der Waals surface area contributed by atoms with Crippen molar-refractivity contribution in [1.82, 2.24) is 9.62 Å². The largest absolute Gasteiger partial charge is 0.480 e. The zero-order chi connectivity index (χ0) is 28.5. The number of furan rings is 1. The molecule has 9 nitrogen and oxygen atoms in total. The van der Waals surface area contributed by atoms with Crippen LogP contribution in [0.4, 0.5) is 0 Å². The minimum atomic E-state index is -4.48. The third-order valence-electron chi connectivity index (χ3n) is 6.99. The average Bonchev–Trinajstić information content (AvgIpc) is 3.25. The topological polar surface area (TPSA) is 141 Å². The van der Waals surface area contributed by atoms with Crippen LogP contribution in [-0.4, -0.2) is 47.7 Å². The molecule has 3 aromatic rings. The van der Waals surface area contributed by atoms with E-state index < -0.39 is 38.7 Å². The first-order chi connectivity index (χ1) is 18.4. The van der Waals surface area contributed by atoms with Gasteiger partial charge >= 0.3 is 5.97 Å². The Balaban J connectivity index is 1.80. The average molecular weight is 548 g/mol. The summed E-state index contributed by atoms with van der Waals surface area (Å²) in [7, 11) is -3.28. The van der Waals surface area contributed by atoms with Gasteiger partial charge in [-0.25, -0.2) is 8.42 Å². The molecule has 4 rings (SSSR count). The maximum Gasteiger partial charge on any atom is 0.322 e. The van der Waals surface area contributed by atoms with Crippen LogP contribution >= 0.6 is 0 Å². The Kier molecular flexibility index (Phi) is 7.50. The quantitative estimate of drug-likeness (QED) is 0.424. The summed E-state index contributed by atoms with van der Waals surface area (Å²) in [6, 6.07) is 14.9. The second-order valence-corrected chi connectivity index (χ2v) is 12.1. The predicted molar refractivity (Wildman–Crippen MR) is 147 cm³/mol. The van der Waals surface area contributed by atoms with Crippen molar-refractivity contribution in [1.29, 1.82) is 5.26 Å². The monoisotopic (exact) mass is 547 g/mol. The molecule has 1 aliphatic rings. The number of aliphatic carboxylic acids is 1. The molecule has 0 aliphatic heterocycles. The fraction of sp³-hybridized carbons (Fsp3) is 0.276. The van der Waals surface area contributed by atoms with E-state index in [4.69, 9.17) is 4.42 Å². The normalized spacial score (nSPS) is 18.1. The van der Waals surface area contributed by atoms with Crippen molar-refractivity contribution in [2.75, 3.05) is 7.05 Å². The van der Waals surface area contributed by atoms with Gasteiger partial charge in [-0.1, -0.05) is 62.4 Å². The van der Waals surface area contributed by atoms with Crippen molar-refractivity contribution in [3.05, 3.63) is 89.2 Å². The summed E-state index contributed by atoms with van der Waals surface area (Å²) < 4.78 is 34.8. The lowest BCUT2D eigenvalue weighted by molar-refractivity contribution is -0.142. The van der Waals surface area contributed by atoms with E-state index >= 15 is 0 Å². The first kappa shape index (κ1) is 27.8. The van der Waals surface area contributed by atoms with Gasteiger partial charge in [-0.2, -0.15) is 9.57 Å². The van der Waals surface area contributed by atoms with Gasteiger partial charge in [-0.05, 0) is 42.2 Å². The molecule has 202 valence electrons. The highest BCUT2D eigenvalue weighted by Gasteiger charge is 2.50. The summed E-state index contributed by atoms with van der Waals surface area (Å²) in [5.41, 5.74) is 2.66. The zero-order valence-electron chi connectivity index (χ0n) is 22.0. The van der Waals surface area contributed by atoms with Crippen LogP contribution in [0.25, 0.3) is 16.5 Å². The Labute approximate surface area is 227 Å². The molecule has 10 heteroatoms. The van der Waals surface area contributed by atoms with E-state index in [9.17, 15) is 28.4 Å². The number of hydrogen-bond donors (Lipinski definition) is 2. The molecule has 1 amide bonds. The third kappa shape index (κ3) is 4.87. The van der Waals surface area contributed by atoms with E-state index in [0.717, 1.165) is 15.4 Å². The van der Waals surface area contributed by atoms with Gasteiger partial charge in [0, 0.05) is 24.4 Å². The highest BCUT2D eigenvalue weighted by molar-refractivity contribution is 7.90. The number of nitrogens with one attached hydrogen (secondary N) is 1. The molecule has 0 fully saturated rings. The van der Waals surface area contributed by atoms with Gasteiger partial charge in [0.2, 0.25) is 10.0 Å². The maximum absolute atomic E-state index is 14.1. The fourth-order valence-electron chi connectivity index (χ4n) is 4.94. The molecule has 1 heterocycles. The van der Waals surface area contributed by atoms with Crippen molar-refractivity contribution in [2.45, 2.75) is 38.1 Å². The number of nitrogens with zero attached hydrogens (tertiary/aromatic N) is 2. The van der Waals surface area contributed by atoms with Gasteiger partial charge in [0.15, 0.2) is 10.6 Å². The molecule has 2 N–H and O–H groups in total. The van der Waals surface area contributed by atoms with Crippen molar-refractivity contribution in [2.24, 2.45) is 5.92 Å². The number of hydrogen-bond acceptors (Lipinski definition) is 6. The third-order valence-corrected chi connectivity index (χ3v) is 9.30. The number of likely N-dealkylation sites (N-methyl/N-ethyl adjacent to an activating group) is 1. The van der Waals surface area contributed by atoms with Crippen molar-refractivity contribution in [3.8, 4) is 6.07 Å². The molecule has 2 aromatic carbocycles. The fourth-order valence-corrected chi connectivity index (χ4v) is 6.85. The number of carboxylic acid groups (broad SMARTS) is 1. The van der Waals surface area contributed by atoms with Crippen LogP contribution in [0.1, 0.15) is 47.5 Å². The smallest absolute Gasteiger partial charge is 0.322 e. The minimum absolute atomic E-state index is 0.130. The molecular weight excluding hydrogens is 518 g/mol. The van der Waals surface area contributed by atoms with Crippen LogP contribution in [0.2, 0.25) is 0 Å². The lowest BCUT2D eigenvalue weighted by Gasteiger charge is -2.38. The van der Waals surface area contributed by atoms with Crippen LogP contribution in [0.3, 0.4) is 0 Å². The number of nitriles is 1. The highest BCUT2D eigenvalue weighted by Crippen LogP contribution is 2.35. The summed E-state index contributed by atoms with van der Waals surface area (Å²) in [6.45, 7) is 4.85. The Morgan fingerprint density at radius 1 is 1.15 bits per heavy atom. The van der Waals surface area contributed by atoms with Crippen molar-refractivity contribution < 1.29 is 27.5 Å². The van der Waals surface area contributed by atoms with E-state index in [1.165, 1.54) is 13.1 Å². The van der Waals surface area contributed by atoms with Crippen LogP contribution in [0.15, 0.2) is 71.2 Å². The van der Waals surface area contributed by atoms with E-state index in [0.29, 0.717) is 22.1 Å². The number of amides is 1. The lowest BCUT2D eigenvalue weighted by atomic mass is 9.96. The zero-order valence-corrected chi connectivity index (χ0v) is 22.8. The standard InChI is InChI=1S/C29H29N3O6S/c1-18(2)25(28(34)35)32(4)39(36,37)29(15-13-21(14-16-29)20-9-6-5-7-10-20)31-27(33)26-19(3)24-22(17-30)11-8-12-23(24)38-26/h5-15,18,25H,16H2,1-4H3,(H,31,33)(H,34,35)/t25-,29?/m0/s1. The number of allylic oxidation sites excluding steroid dienone is 2. The van der Waals surface area contributed by atoms with E-state index in [1.807, 2.05) is 30.3 Å². The van der Waals surface area contributed by atoms with Gasteiger partial charge in [0.1, 0.15) is 11.6 Å². The van der Waals surface area contributed by atoms with Gasteiger partial charge in [0.05, 0.1) is 11.6 Å². The number of fused-ring (bicyclic) bond motifs is 1. The van der Waals surface area contributed by atoms with Crippen LogP contribution in [0, 0.1) is 24.2 Å². The van der Waals surface area contributed by atoms with Crippen molar-refractivity contribution in [3.63, 3.8) is 0 Å².